The Morgan fingerprint density at radius 2 is 1.81 bits per heavy atom. The van der Waals surface area contributed by atoms with Gasteiger partial charge in [-0.3, -0.25) is 9.59 Å². The van der Waals surface area contributed by atoms with Crippen molar-refractivity contribution in [2.24, 2.45) is 0 Å². The van der Waals surface area contributed by atoms with Crippen molar-refractivity contribution in [1.29, 1.82) is 0 Å². The number of imidazole rings is 1. The molecule has 10 nitrogen and oxygen atoms in total. The van der Waals surface area contributed by atoms with Gasteiger partial charge in [-0.2, -0.15) is 0 Å². The second kappa shape index (κ2) is 13.5. The highest BCUT2D eigenvalue weighted by molar-refractivity contribution is 6.46. The number of nitrogens with zero attached hydrogens (tertiary/aromatic N) is 3. The van der Waals surface area contributed by atoms with Crippen molar-refractivity contribution in [2.75, 3.05) is 33.0 Å². The molecule has 0 radical (unpaired) electrons. The summed E-state index contributed by atoms with van der Waals surface area (Å²) in [4.78, 5) is 32.6. The first-order valence-electron chi connectivity index (χ1n) is 14.6. The maximum absolute atomic E-state index is 13.5. The van der Waals surface area contributed by atoms with Crippen molar-refractivity contribution >= 4 is 17.4 Å². The van der Waals surface area contributed by atoms with Crippen LogP contribution in [0.1, 0.15) is 56.7 Å². The number of aliphatic hydroxyl groups is 1. The molecule has 3 heterocycles. The minimum absolute atomic E-state index is 0.0124. The molecule has 0 aliphatic carbocycles. The van der Waals surface area contributed by atoms with E-state index in [9.17, 15) is 14.7 Å². The fourth-order valence-corrected chi connectivity index (χ4v) is 5.26. The highest BCUT2D eigenvalue weighted by Crippen LogP contribution is 2.43. The van der Waals surface area contributed by atoms with Gasteiger partial charge in [-0.25, -0.2) is 4.98 Å². The van der Waals surface area contributed by atoms with Crippen LogP contribution in [0.3, 0.4) is 0 Å². The monoisotopic (exact) mass is 575 g/mol. The van der Waals surface area contributed by atoms with E-state index >= 15 is 0 Å². The van der Waals surface area contributed by atoms with Crippen molar-refractivity contribution in [2.45, 2.75) is 52.1 Å². The molecule has 2 aromatic carbocycles. The number of hydrogen-bond acceptors (Lipinski definition) is 8. The van der Waals surface area contributed by atoms with Crippen LogP contribution in [-0.4, -0.2) is 64.2 Å². The Bertz CT molecular complexity index is 1430. The zero-order valence-electron chi connectivity index (χ0n) is 24.1. The zero-order valence-corrected chi connectivity index (χ0v) is 24.1. The number of rotatable bonds is 13. The molecule has 1 saturated heterocycles. The number of amides is 1. The van der Waals surface area contributed by atoms with Gasteiger partial charge in [0.25, 0.3) is 11.7 Å². The Balaban J connectivity index is 1.53. The van der Waals surface area contributed by atoms with E-state index in [1.807, 2.05) is 29.8 Å². The standard InChI is InChI=1S/C32H37N3O7/c1-3-5-6-16-40-24-10-8-22(19-26(24)39-4-2)29-28(30(36)23-9-11-25-27(20-23)42-18-17-41-25)31(37)32(38)35(29)14-7-13-34-15-12-33-21-34/h8-12,15,19-21,29,36H,3-7,13-14,16-18H2,1-2H3/b30-28+/t29-/m0/s1. The lowest BCUT2D eigenvalue weighted by Crippen LogP contribution is -2.31. The summed E-state index contributed by atoms with van der Waals surface area (Å²) in [5.41, 5.74) is 1.01. The lowest BCUT2D eigenvalue weighted by Gasteiger charge is -2.26. The molecule has 1 atom stereocenters. The number of carbonyl (C=O) groups excluding carboxylic acids is 2. The molecular formula is C32H37N3O7. The largest absolute Gasteiger partial charge is 0.507 e. The molecule has 42 heavy (non-hydrogen) atoms. The number of Topliss-reactive ketones (excluding diaryl/α,β-unsaturated/α-hetero) is 1. The van der Waals surface area contributed by atoms with Crippen molar-refractivity contribution in [1.82, 2.24) is 14.5 Å². The predicted octanol–water partition coefficient (Wildman–Crippen LogP) is 5.13. The molecular weight excluding hydrogens is 538 g/mol. The smallest absolute Gasteiger partial charge is 0.295 e. The molecule has 3 aromatic rings. The summed E-state index contributed by atoms with van der Waals surface area (Å²) in [6.45, 7) is 6.72. The van der Waals surface area contributed by atoms with Gasteiger partial charge in [0.05, 0.1) is 31.2 Å². The number of fused-ring (bicyclic) bond motifs is 1. The number of ether oxygens (including phenoxy) is 4. The Morgan fingerprint density at radius 3 is 2.57 bits per heavy atom. The topological polar surface area (TPSA) is 112 Å². The van der Waals surface area contributed by atoms with Crippen molar-refractivity contribution in [3.63, 3.8) is 0 Å². The fraction of sp³-hybridized carbons (Fsp3) is 0.406. The van der Waals surface area contributed by atoms with E-state index in [1.54, 1.807) is 36.8 Å². The SMILES string of the molecule is CCCCCOc1ccc([C@H]2/C(=C(\O)c3ccc4c(c3)OCCO4)C(=O)C(=O)N2CCCn2ccnc2)cc1OCC. The van der Waals surface area contributed by atoms with Gasteiger partial charge in [0.1, 0.15) is 19.0 Å². The minimum Gasteiger partial charge on any atom is -0.507 e. The molecule has 10 heteroatoms. The van der Waals surface area contributed by atoms with Gasteiger partial charge in [0.15, 0.2) is 23.0 Å². The van der Waals surface area contributed by atoms with E-state index in [0.717, 1.165) is 19.3 Å². The lowest BCUT2D eigenvalue weighted by atomic mass is 9.94. The summed E-state index contributed by atoms with van der Waals surface area (Å²) >= 11 is 0. The van der Waals surface area contributed by atoms with Gasteiger partial charge in [-0.15, -0.1) is 0 Å². The zero-order chi connectivity index (χ0) is 29.5. The van der Waals surface area contributed by atoms with Crippen LogP contribution in [0.5, 0.6) is 23.0 Å². The van der Waals surface area contributed by atoms with Crippen LogP contribution in [-0.2, 0) is 16.1 Å². The summed E-state index contributed by atoms with van der Waals surface area (Å²) in [7, 11) is 0. The van der Waals surface area contributed by atoms with Crippen LogP contribution in [0, 0.1) is 0 Å². The molecule has 5 rings (SSSR count). The van der Waals surface area contributed by atoms with Gasteiger partial charge < -0.3 is 33.5 Å². The number of ketones is 1. The first-order valence-corrected chi connectivity index (χ1v) is 14.6. The van der Waals surface area contributed by atoms with Gasteiger partial charge in [-0.05, 0) is 55.7 Å². The Kier molecular flexibility index (Phi) is 9.31. The Labute approximate surface area is 245 Å². The highest BCUT2D eigenvalue weighted by Gasteiger charge is 2.46. The van der Waals surface area contributed by atoms with Gasteiger partial charge in [0.2, 0.25) is 0 Å². The number of aliphatic hydroxyl groups excluding tert-OH is 1. The molecule has 0 saturated carbocycles. The highest BCUT2D eigenvalue weighted by atomic mass is 16.6. The van der Waals surface area contributed by atoms with E-state index in [2.05, 4.69) is 11.9 Å². The molecule has 2 aliphatic heterocycles. The average molecular weight is 576 g/mol. The number of benzene rings is 2. The second-order valence-electron chi connectivity index (χ2n) is 10.2. The number of hydrogen-bond donors (Lipinski definition) is 1. The number of aromatic nitrogens is 2. The Morgan fingerprint density at radius 1 is 0.976 bits per heavy atom. The molecule has 222 valence electrons. The predicted molar refractivity (Wildman–Crippen MR) is 156 cm³/mol. The molecule has 2 aliphatic rings. The molecule has 0 unspecified atom stereocenters. The van der Waals surface area contributed by atoms with Crippen LogP contribution in [0.4, 0.5) is 0 Å². The maximum atomic E-state index is 13.5. The molecule has 1 aromatic heterocycles. The summed E-state index contributed by atoms with van der Waals surface area (Å²) in [5, 5.41) is 11.5. The van der Waals surface area contributed by atoms with Crippen molar-refractivity contribution < 1.29 is 33.6 Å². The van der Waals surface area contributed by atoms with Crippen molar-refractivity contribution in [3.05, 3.63) is 71.8 Å². The summed E-state index contributed by atoms with van der Waals surface area (Å²) in [6, 6.07) is 9.59. The fourth-order valence-electron chi connectivity index (χ4n) is 5.26. The van der Waals surface area contributed by atoms with E-state index in [4.69, 9.17) is 18.9 Å². The maximum Gasteiger partial charge on any atom is 0.295 e. The third kappa shape index (κ3) is 6.22. The second-order valence-corrected chi connectivity index (χ2v) is 10.2. The van der Waals surface area contributed by atoms with Crippen LogP contribution in [0.2, 0.25) is 0 Å². The van der Waals surface area contributed by atoms with Crippen LogP contribution in [0.25, 0.3) is 5.76 Å². The van der Waals surface area contributed by atoms with Gasteiger partial charge in [-0.1, -0.05) is 25.8 Å². The summed E-state index contributed by atoms with van der Waals surface area (Å²) < 4.78 is 25.2. The van der Waals surface area contributed by atoms with E-state index in [0.29, 0.717) is 80.1 Å². The van der Waals surface area contributed by atoms with E-state index in [1.165, 1.54) is 4.90 Å². The van der Waals surface area contributed by atoms with E-state index < -0.39 is 17.7 Å². The number of carbonyl (C=O) groups is 2. The molecule has 1 N–H and O–H groups in total. The van der Waals surface area contributed by atoms with Gasteiger partial charge in [0, 0.05) is 31.0 Å². The van der Waals surface area contributed by atoms with E-state index in [-0.39, 0.29) is 11.3 Å². The quantitative estimate of drug-likeness (QED) is 0.129. The van der Waals surface area contributed by atoms with Crippen LogP contribution in [0.15, 0.2) is 60.7 Å². The normalized spacial score (nSPS) is 17.5. The molecule has 1 fully saturated rings. The third-order valence-corrected chi connectivity index (χ3v) is 7.32. The number of aryl methyl sites for hydroxylation is 1. The third-order valence-electron chi connectivity index (χ3n) is 7.32. The number of unbranched alkanes of at least 4 members (excludes halogenated alkanes) is 2. The first-order chi connectivity index (χ1) is 20.5. The average Bonchev–Trinajstić information content (AvgIpc) is 3.62. The number of likely N-dealkylation sites (tertiary alicyclic amines) is 1. The van der Waals surface area contributed by atoms with Gasteiger partial charge >= 0.3 is 0 Å². The first kappa shape index (κ1) is 29.0. The Hall–Kier alpha value is -4.47. The lowest BCUT2D eigenvalue weighted by molar-refractivity contribution is -0.139. The minimum atomic E-state index is -0.825. The van der Waals surface area contributed by atoms with Crippen molar-refractivity contribution in [3.8, 4) is 23.0 Å². The summed E-state index contributed by atoms with van der Waals surface area (Å²) in [5.74, 6) is 0.473. The van der Waals surface area contributed by atoms with Crippen LogP contribution >= 0.6 is 0 Å². The molecule has 0 bridgehead atoms. The molecule has 0 spiro atoms. The van der Waals surface area contributed by atoms with Crippen LogP contribution < -0.4 is 18.9 Å². The molecule has 1 amide bonds. The summed E-state index contributed by atoms with van der Waals surface area (Å²) in [6.07, 6.45) is 8.92.